The van der Waals surface area contributed by atoms with Gasteiger partial charge in [0, 0.05) is 18.4 Å². The van der Waals surface area contributed by atoms with E-state index in [2.05, 4.69) is 20.8 Å². The molecule has 1 saturated carbocycles. The summed E-state index contributed by atoms with van der Waals surface area (Å²) >= 11 is 0. The Labute approximate surface area is 122 Å². The van der Waals surface area contributed by atoms with E-state index in [9.17, 15) is 4.79 Å². The van der Waals surface area contributed by atoms with Gasteiger partial charge in [0.05, 0.1) is 6.04 Å². The van der Waals surface area contributed by atoms with Crippen molar-refractivity contribution in [1.82, 2.24) is 20.2 Å². The maximum Gasteiger partial charge on any atom is 0.253 e. The monoisotopic (exact) mass is 287 g/mol. The third-order valence-electron chi connectivity index (χ3n) is 3.50. The quantitative estimate of drug-likeness (QED) is 0.904. The van der Waals surface area contributed by atoms with Crippen molar-refractivity contribution in [3.8, 4) is 11.4 Å². The van der Waals surface area contributed by atoms with E-state index in [-0.39, 0.29) is 5.91 Å². The molecule has 2 aromatic rings. The lowest BCUT2D eigenvalue weighted by atomic mass is 10.2. The van der Waals surface area contributed by atoms with Crippen molar-refractivity contribution in [2.45, 2.75) is 31.9 Å². The number of hydrogen-bond donors (Lipinski definition) is 1. The van der Waals surface area contributed by atoms with Crippen molar-refractivity contribution in [2.24, 2.45) is 0 Å². The normalized spacial score (nSPS) is 15.7. The van der Waals surface area contributed by atoms with Gasteiger partial charge >= 0.3 is 0 Å². The second kappa shape index (κ2) is 5.61. The number of aromatic nitrogens is 4. The minimum Gasteiger partial charge on any atom is -0.372 e. The number of carbonyl (C=O) groups is 1. The number of tetrazole rings is 1. The fourth-order valence-electron chi connectivity index (χ4n) is 2.04. The number of anilines is 1. The second-order valence-electron chi connectivity index (χ2n) is 5.13. The Morgan fingerprint density at radius 1 is 1.48 bits per heavy atom. The SMILES string of the molecule is COC(C)C(=O)Nc1cccc(-c2nnnn2C2CC2)c1. The van der Waals surface area contributed by atoms with E-state index in [1.54, 1.807) is 6.92 Å². The summed E-state index contributed by atoms with van der Waals surface area (Å²) in [5.41, 5.74) is 1.58. The molecule has 0 aliphatic heterocycles. The van der Waals surface area contributed by atoms with Gasteiger partial charge in [-0.1, -0.05) is 12.1 Å². The topological polar surface area (TPSA) is 81.9 Å². The third kappa shape index (κ3) is 2.92. The van der Waals surface area contributed by atoms with E-state index in [0.717, 1.165) is 24.2 Å². The van der Waals surface area contributed by atoms with Gasteiger partial charge in [-0.05, 0) is 42.3 Å². The van der Waals surface area contributed by atoms with E-state index in [4.69, 9.17) is 4.74 Å². The molecule has 1 aliphatic rings. The van der Waals surface area contributed by atoms with E-state index < -0.39 is 6.10 Å². The van der Waals surface area contributed by atoms with Crippen molar-refractivity contribution < 1.29 is 9.53 Å². The molecule has 0 bridgehead atoms. The fourth-order valence-corrected chi connectivity index (χ4v) is 2.04. The molecule has 7 heteroatoms. The van der Waals surface area contributed by atoms with Gasteiger partial charge in [-0.25, -0.2) is 4.68 Å². The Kier molecular flexibility index (Phi) is 3.66. The number of ether oxygens (including phenoxy) is 1. The molecule has 1 unspecified atom stereocenters. The summed E-state index contributed by atoms with van der Waals surface area (Å²) in [6.07, 6.45) is 1.73. The maximum absolute atomic E-state index is 11.8. The first-order chi connectivity index (χ1) is 10.2. The van der Waals surface area contributed by atoms with Crippen LogP contribution in [0.25, 0.3) is 11.4 Å². The van der Waals surface area contributed by atoms with Crippen LogP contribution >= 0.6 is 0 Å². The molecule has 21 heavy (non-hydrogen) atoms. The van der Waals surface area contributed by atoms with Crippen LogP contribution in [0, 0.1) is 0 Å². The van der Waals surface area contributed by atoms with Crippen molar-refractivity contribution in [3.63, 3.8) is 0 Å². The average Bonchev–Trinajstić information content (AvgIpc) is 3.23. The highest BCUT2D eigenvalue weighted by atomic mass is 16.5. The number of methoxy groups -OCH3 is 1. The van der Waals surface area contributed by atoms with Crippen LogP contribution < -0.4 is 5.32 Å². The molecule has 1 aromatic carbocycles. The third-order valence-corrected chi connectivity index (χ3v) is 3.50. The summed E-state index contributed by atoms with van der Waals surface area (Å²) in [5, 5.41) is 14.7. The predicted molar refractivity (Wildman–Crippen MR) is 76.6 cm³/mol. The van der Waals surface area contributed by atoms with E-state index in [0.29, 0.717) is 11.7 Å². The summed E-state index contributed by atoms with van der Waals surface area (Å²) in [4.78, 5) is 11.8. The lowest BCUT2D eigenvalue weighted by Gasteiger charge is -2.11. The average molecular weight is 287 g/mol. The number of rotatable bonds is 5. The van der Waals surface area contributed by atoms with E-state index in [1.807, 2.05) is 28.9 Å². The highest BCUT2D eigenvalue weighted by Crippen LogP contribution is 2.36. The lowest BCUT2D eigenvalue weighted by Crippen LogP contribution is -2.26. The van der Waals surface area contributed by atoms with Crippen molar-refractivity contribution in [2.75, 3.05) is 12.4 Å². The standard InChI is InChI=1S/C14H17N5O2/c1-9(21-2)14(20)15-11-5-3-4-10(8-11)13-16-17-18-19(13)12-6-7-12/h3-5,8-9,12H,6-7H2,1-2H3,(H,15,20). The first kappa shape index (κ1) is 13.7. The Bertz CT molecular complexity index is 650. The molecule has 0 saturated heterocycles. The zero-order valence-corrected chi connectivity index (χ0v) is 12.0. The molecule has 3 rings (SSSR count). The van der Waals surface area contributed by atoms with Gasteiger partial charge in [-0.3, -0.25) is 4.79 Å². The van der Waals surface area contributed by atoms with Gasteiger partial charge in [-0.2, -0.15) is 0 Å². The molecule has 7 nitrogen and oxygen atoms in total. The predicted octanol–water partition coefficient (Wildman–Crippen LogP) is 1.65. The van der Waals surface area contributed by atoms with Gasteiger partial charge < -0.3 is 10.1 Å². The molecule has 1 aromatic heterocycles. The van der Waals surface area contributed by atoms with Crippen LogP contribution in [-0.4, -0.2) is 39.3 Å². The summed E-state index contributed by atoms with van der Waals surface area (Å²) < 4.78 is 6.84. The van der Waals surface area contributed by atoms with E-state index >= 15 is 0 Å². The molecular weight excluding hydrogens is 270 g/mol. The largest absolute Gasteiger partial charge is 0.372 e. The molecular formula is C14H17N5O2. The van der Waals surface area contributed by atoms with Crippen LogP contribution in [0.1, 0.15) is 25.8 Å². The Morgan fingerprint density at radius 2 is 2.29 bits per heavy atom. The molecule has 1 amide bonds. The number of nitrogens with zero attached hydrogens (tertiary/aromatic N) is 4. The van der Waals surface area contributed by atoms with Crippen molar-refractivity contribution in [3.05, 3.63) is 24.3 Å². The van der Waals surface area contributed by atoms with Crippen LogP contribution in [-0.2, 0) is 9.53 Å². The number of hydrogen-bond acceptors (Lipinski definition) is 5. The minimum atomic E-state index is -0.495. The molecule has 110 valence electrons. The number of nitrogens with one attached hydrogen (secondary N) is 1. The number of benzene rings is 1. The molecule has 1 heterocycles. The van der Waals surface area contributed by atoms with Crippen LogP contribution in [0.3, 0.4) is 0 Å². The van der Waals surface area contributed by atoms with Crippen molar-refractivity contribution in [1.29, 1.82) is 0 Å². The van der Waals surface area contributed by atoms with Gasteiger partial charge in [0.25, 0.3) is 5.91 Å². The highest BCUT2D eigenvalue weighted by Gasteiger charge is 2.28. The fraction of sp³-hybridized carbons (Fsp3) is 0.429. The second-order valence-corrected chi connectivity index (χ2v) is 5.13. The molecule has 1 aliphatic carbocycles. The van der Waals surface area contributed by atoms with Crippen LogP contribution in [0.15, 0.2) is 24.3 Å². The maximum atomic E-state index is 11.8. The first-order valence-corrected chi connectivity index (χ1v) is 6.91. The van der Waals surface area contributed by atoms with E-state index in [1.165, 1.54) is 7.11 Å². The number of carbonyl (C=O) groups excluding carboxylic acids is 1. The molecule has 0 radical (unpaired) electrons. The zero-order chi connectivity index (χ0) is 14.8. The molecule has 1 atom stereocenters. The molecule has 1 fully saturated rings. The van der Waals surface area contributed by atoms with Gasteiger partial charge in [0.2, 0.25) is 0 Å². The van der Waals surface area contributed by atoms with Crippen molar-refractivity contribution >= 4 is 11.6 Å². The summed E-state index contributed by atoms with van der Waals surface area (Å²) in [6.45, 7) is 1.70. The first-order valence-electron chi connectivity index (χ1n) is 6.91. The highest BCUT2D eigenvalue weighted by molar-refractivity contribution is 5.94. The van der Waals surface area contributed by atoms with Gasteiger partial charge in [0.15, 0.2) is 5.82 Å². The lowest BCUT2D eigenvalue weighted by molar-refractivity contribution is -0.124. The van der Waals surface area contributed by atoms with Crippen LogP contribution in [0.2, 0.25) is 0 Å². The summed E-state index contributed by atoms with van der Waals surface area (Å²) in [5.74, 6) is 0.546. The van der Waals surface area contributed by atoms with Gasteiger partial charge in [-0.15, -0.1) is 5.10 Å². The number of amides is 1. The molecule has 0 spiro atoms. The summed E-state index contributed by atoms with van der Waals surface area (Å²) in [7, 11) is 1.50. The molecule has 1 N–H and O–H groups in total. The van der Waals surface area contributed by atoms with Gasteiger partial charge in [0.1, 0.15) is 6.10 Å². The Hall–Kier alpha value is -2.28. The minimum absolute atomic E-state index is 0.184. The Balaban J connectivity index is 1.83. The zero-order valence-electron chi connectivity index (χ0n) is 12.0. The van der Waals surface area contributed by atoms with Crippen LogP contribution in [0.4, 0.5) is 5.69 Å². The van der Waals surface area contributed by atoms with Crippen LogP contribution in [0.5, 0.6) is 0 Å². The smallest absolute Gasteiger partial charge is 0.253 e. The Morgan fingerprint density at radius 3 is 3.00 bits per heavy atom. The summed E-state index contributed by atoms with van der Waals surface area (Å²) in [6, 6.07) is 7.90.